The van der Waals surface area contributed by atoms with Gasteiger partial charge in [0.2, 0.25) is 15.7 Å². The van der Waals surface area contributed by atoms with Gasteiger partial charge in [-0.2, -0.15) is 15.2 Å². The highest BCUT2D eigenvalue weighted by Gasteiger charge is 2.30. The maximum absolute atomic E-state index is 11.9. The summed E-state index contributed by atoms with van der Waals surface area (Å²) >= 11 is 0. The van der Waals surface area contributed by atoms with E-state index in [0.29, 0.717) is 11.1 Å². The number of anilines is 1. The highest BCUT2D eigenvalue weighted by Crippen LogP contribution is 2.36. The number of benzene rings is 1. The second kappa shape index (κ2) is 9.14. The smallest absolute Gasteiger partial charge is 0.373 e. The minimum absolute atomic E-state index is 0.0871. The first-order chi connectivity index (χ1) is 14.1. The Bertz CT molecular complexity index is 1140. The van der Waals surface area contributed by atoms with Crippen molar-refractivity contribution in [3.8, 4) is 17.7 Å². The Labute approximate surface area is 171 Å². The zero-order chi connectivity index (χ0) is 22.5. The summed E-state index contributed by atoms with van der Waals surface area (Å²) in [6.45, 7) is 2.81. The van der Waals surface area contributed by atoms with Crippen LogP contribution in [-0.4, -0.2) is 48.7 Å². The second-order valence-corrected chi connectivity index (χ2v) is 7.80. The molecule has 0 bridgehead atoms. The van der Waals surface area contributed by atoms with Crippen molar-refractivity contribution in [1.29, 1.82) is 5.26 Å². The Morgan fingerprint density at radius 1 is 1.37 bits per heavy atom. The van der Waals surface area contributed by atoms with Crippen LogP contribution in [0.2, 0.25) is 0 Å². The van der Waals surface area contributed by atoms with E-state index in [4.69, 9.17) is 14.7 Å². The summed E-state index contributed by atoms with van der Waals surface area (Å²) < 4.78 is 34.1. The minimum atomic E-state index is -3.97. The van der Waals surface area contributed by atoms with Gasteiger partial charge in [0.25, 0.3) is 5.16 Å². The summed E-state index contributed by atoms with van der Waals surface area (Å²) in [5, 5.41) is 22.3. The van der Waals surface area contributed by atoms with Crippen molar-refractivity contribution in [2.45, 2.75) is 19.0 Å². The average Bonchev–Trinajstić information content (AvgIpc) is 2.65. The number of hydrogen-bond acceptors (Lipinski definition) is 11. The van der Waals surface area contributed by atoms with Crippen LogP contribution in [0.4, 0.5) is 11.5 Å². The molecule has 2 aromatic rings. The maximum atomic E-state index is 11.9. The third-order valence-corrected chi connectivity index (χ3v) is 4.43. The Morgan fingerprint density at radius 2 is 2.07 bits per heavy atom. The highest BCUT2D eigenvalue weighted by atomic mass is 32.2. The molecule has 13 heteroatoms. The van der Waals surface area contributed by atoms with Crippen molar-refractivity contribution < 1.29 is 27.6 Å². The van der Waals surface area contributed by atoms with Crippen LogP contribution in [0.5, 0.6) is 11.6 Å². The summed E-state index contributed by atoms with van der Waals surface area (Å²) in [5.41, 5.74) is 0.137. The van der Waals surface area contributed by atoms with E-state index in [1.165, 1.54) is 18.2 Å². The predicted octanol–water partition coefficient (Wildman–Crippen LogP) is 1.74. The molecule has 0 aliphatic rings. The third-order valence-electron chi connectivity index (χ3n) is 3.58. The second-order valence-electron chi connectivity index (χ2n) is 5.89. The van der Waals surface area contributed by atoms with Crippen molar-refractivity contribution in [2.24, 2.45) is 0 Å². The lowest BCUT2D eigenvalue weighted by molar-refractivity contribution is -0.385. The Balaban J connectivity index is 2.57. The van der Waals surface area contributed by atoms with Crippen LogP contribution in [0.15, 0.2) is 23.4 Å². The number of carbonyl (C=O) groups is 1. The first-order valence-corrected chi connectivity index (χ1v) is 10.3. The number of nitriles is 1. The molecular weight excluding hydrogens is 418 g/mol. The quantitative estimate of drug-likeness (QED) is 0.277. The number of nitrogens with zero attached hydrogens (tertiary/aromatic N) is 4. The zero-order valence-electron chi connectivity index (χ0n) is 16.2. The summed E-state index contributed by atoms with van der Waals surface area (Å²) in [7, 11) is -3.97. The molecule has 2 rings (SSSR count). The van der Waals surface area contributed by atoms with Gasteiger partial charge in [0.15, 0.2) is 0 Å². The van der Waals surface area contributed by atoms with Gasteiger partial charge in [-0.05, 0) is 37.6 Å². The normalized spacial score (nSPS) is 10.7. The molecule has 0 aliphatic carbocycles. The number of esters is 1. The maximum Gasteiger partial charge on any atom is 0.373 e. The highest BCUT2D eigenvalue weighted by molar-refractivity contribution is 7.90. The SMILES string of the molecule is CCOC(=O)CNc1nc(S(C)(=O)=O)nc(Oc2ccc(C#N)c(C)c2)c1[N+](=O)[O-]. The molecule has 1 N–H and O–H groups in total. The largest absolute Gasteiger partial charge is 0.465 e. The molecule has 12 nitrogen and oxygen atoms in total. The van der Waals surface area contributed by atoms with Crippen molar-refractivity contribution in [3.63, 3.8) is 0 Å². The zero-order valence-corrected chi connectivity index (χ0v) is 17.0. The fourth-order valence-corrected chi connectivity index (χ4v) is 2.75. The lowest BCUT2D eigenvalue weighted by Gasteiger charge is -2.11. The van der Waals surface area contributed by atoms with E-state index in [1.807, 2.05) is 6.07 Å². The first kappa shape index (κ1) is 22.5. The van der Waals surface area contributed by atoms with Crippen LogP contribution in [0.25, 0.3) is 0 Å². The van der Waals surface area contributed by atoms with Crippen LogP contribution >= 0.6 is 0 Å². The van der Waals surface area contributed by atoms with Crippen molar-refractivity contribution in [2.75, 3.05) is 24.7 Å². The van der Waals surface area contributed by atoms with E-state index in [2.05, 4.69) is 15.3 Å². The van der Waals surface area contributed by atoms with E-state index in [1.54, 1.807) is 13.8 Å². The molecule has 1 aromatic carbocycles. The number of sulfone groups is 1. The average molecular weight is 435 g/mol. The Kier molecular flexibility index (Phi) is 6.85. The van der Waals surface area contributed by atoms with Crippen LogP contribution in [0.1, 0.15) is 18.1 Å². The number of aryl methyl sites for hydroxylation is 1. The lowest BCUT2D eigenvalue weighted by atomic mass is 10.1. The molecule has 30 heavy (non-hydrogen) atoms. The van der Waals surface area contributed by atoms with Gasteiger partial charge in [0.1, 0.15) is 12.3 Å². The number of ether oxygens (including phenoxy) is 2. The molecule has 1 heterocycles. The summed E-state index contributed by atoms with van der Waals surface area (Å²) in [6.07, 6.45) is 0.818. The van der Waals surface area contributed by atoms with Gasteiger partial charge < -0.3 is 14.8 Å². The molecule has 0 saturated carbocycles. The van der Waals surface area contributed by atoms with Crippen LogP contribution < -0.4 is 10.1 Å². The topological polar surface area (TPSA) is 174 Å². The van der Waals surface area contributed by atoms with Crippen molar-refractivity contribution in [1.82, 2.24) is 9.97 Å². The molecule has 0 spiro atoms. The molecule has 1 aromatic heterocycles. The van der Waals surface area contributed by atoms with E-state index in [-0.39, 0.29) is 12.4 Å². The molecule has 0 saturated heterocycles. The fourth-order valence-electron chi connectivity index (χ4n) is 2.24. The van der Waals surface area contributed by atoms with Crippen molar-refractivity contribution in [3.05, 3.63) is 39.4 Å². The predicted molar refractivity (Wildman–Crippen MR) is 103 cm³/mol. The summed E-state index contributed by atoms with van der Waals surface area (Å²) in [6, 6.07) is 6.23. The molecule has 0 amide bonds. The lowest BCUT2D eigenvalue weighted by Crippen LogP contribution is -2.19. The van der Waals surface area contributed by atoms with Crippen molar-refractivity contribution >= 4 is 27.3 Å². The van der Waals surface area contributed by atoms with E-state index >= 15 is 0 Å². The molecule has 0 atom stereocenters. The molecule has 0 radical (unpaired) electrons. The van der Waals surface area contributed by atoms with Gasteiger partial charge >= 0.3 is 17.5 Å². The van der Waals surface area contributed by atoms with Gasteiger partial charge in [0, 0.05) is 6.26 Å². The summed E-state index contributed by atoms with van der Waals surface area (Å²) in [4.78, 5) is 29.7. The summed E-state index contributed by atoms with van der Waals surface area (Å²) in [5.74, 6) is -1.81. The molecular formula is C17H17N5O7S. The van der Waals surface area contributed by atoms with Gasteiger partial charge in [-0.3, -0.25) is 14.9 Å². The van der Waals surface area contributed by atoms with Crippen LogP contribution in [-0.2, 0) is 19.4 Å². The van der Waals surface area contributed by atoms with Gasteiger partial charge in [-0.1, -0.05) is 0 Å². The van der Waals surface area contributed by atoms with E-state index in [0.717, 1.165) is 6.26 Å². The minimum Gasteiger partial charge on any atom is -0.465 e. The molecule has 158 valence electrons. The number of carbonyl (C=O) groups excluding carboxylic acids is 1. The number of nitrogens with one attached hydrogen (secondary N) is 1. The van der Waals surface area contributed by atoms with Gasteiger partial charge in [-0.25, -0.2) is 8.42 Å². The Morgan fingerprint density at radius 3 is 2.60 bits per heavy atom. The number of hydrogen-bond donors (Lipinski definition) is 1. The van der Waals surface area contributed by atoms with Gasteiger partial charge in [0.05, 0.1) is 23.2 Å². The standard InChI is InChI=1S/C17H17N5O7S/c1-4-28-13(23)9-19-15-14(22(24)25)16(21-17(20-15)30(3,26)27)29-12-6-5-11(8-18)10(2)7-12/h5-7H,4,9H2,1-3H3,(H,19,20,21). The number of nitro groups is 1. The Hall–Kier alpha value is -3.79. The third kappa shape index (κ3) is 5.39. The van der Waals surface area contributed by atoms with E-state index in [9.17, 15) is 23.3 Å². The van der Waals surface area contributed by atoms with Gasteiger partial charge in [-0.15, -0.1) is 0 Å². The number of rotatable bonds is 8. The molecule has 0 unspecified atom stereocenters. The molecule has 0 aliphatic heterocycles. The number of aromatic nitrogens is 2. The first-order valence-electron chi connectivity index (χ1n) is 8.41. The fraction of sp³-hybridized carbons (Fsp3) is 0.294. The van der Waals surface area contributed by atoms with Crippen LogP contribution in [0.3, 0.4) is 0 Å². The monoisotopic (exact) mass is 435 g/mol. The van der Waals surface area contributed by atoms with Crippen LogP contribution in [0, 0.1) is 28.4 Å². The van der Waals surface area contributed by atoms with E-state index < -0.39 is 49.8 Å². The molecule has 0 fully saturated rings.